The highest BCUT2D eigenvalue weighted by atomic mass is 16.5. The number of carboxylic acid groups (broad SMARTS) is 1. The third-order valence-electron chi connectivity index (χ3n) is 4.40. The molecule has 0 radical (unpaired) electrons. The monoisotopic (exact) mass is 326 g/mol. The molecule has 4 nitrogen and oxygen atoms in total. The third-order valence-corrected chi connectivity index (χ3v) is 4.40. The Labute approximate surface area is 142 Å². The average Bonchev–Trinajstić information content (AvgIpc) is 2.62. The van der Waals surface area contributed by atoms with E-state index in [-0.39, 0.29) is 12.0 Å². The first kappa shape index (κ1) is 16.4. The number of ether oxygens (including phenoxy) is 2. The summed E-state index contributed by atoms with van der Waals surface area (Å²) in [6, 6.07) is 17.7. The molecule has 3 rings (SSSR count). The summed E-state index contributed by atoms with van der Waals surface area (Å²) in [7, 11) is 0. The minimum Gasteiger partial charge on any atom is -0.490 e. The van der Waals surface area contributed by atoms with Crippen LogP contribution in [-0.4, -0.2) is 17.2 Å². The highest BCUT2D eigenvalue weighted by Gasteiger charge is 2.26. The number of aliphatic carboxylic acids is 1. The molecule has 0 atom stereocenters. The molecule has 0 amide bonds. The topological polar surface area (TPSA) is 55.8 Å². The molecule has 4 heteroatoms. The van der Waals surface area contributed by atoms with Crippen LogP contribution in [0.3, 0.4) is 0 Å². The Morgan fingerprint density at radius 2 is 1.54 bits per heavy atom. The van der Waals surface area contributed by atoms with Gasteiger partial charge in [-0.3, -0.25) is 4.79 Å². The molecule has 0 heterocycles. The number of benzene rings is 2. The molecule has 0 bridgehead atoms. The van der Waals surface area contributed by atoms with Gasteiger partial charge in [0.25, 0.3) is 0 Å². The van der Waals surface area contributed by atoms with Crippen molar-refractivity contribution in [2.45, 2.75) is 38.4 Å². The Kier molecular flexibility index (Phi) is 5.36. The number of hydrogen-bond acceptors (Lipinski definition) is 3. The summed E-state index contributed by atoms with van der Waals surface area (Å²) in [5, 5.41) is 9.02. The molecule has 0 aromatic heterocycles. The van der Waals surface area contributed by atoms with Crippen molar-refractivity contribution in [3.63, 3.8) is 0 Å². The highest BCUT2D eigenvalue weighted by Crippen LogP contribution is 2.28. The summed E-state index contributed by atoms with van der Waals surface area (Å²) in [5.41, 5.74) is 1.13. The van der Waals surface area contributed by atoms with Gasteiger partial charge in [0.2, 0.25) is 0 Å². The van der Waals surface area contributed by atoms with E-state index in [9.17, 15) is 4.79 Å². The zero-order valence-corrected chi connectivity index (χ0v) is 13.6. The lowest BCUT2D eigenvalue weighted by Crippen LogP contribution is -2.27. The zero-order chi connectivity index (χ0) is 16.8. The van der Waals surface area contributed by atoms with E-state index < -0.39 is 5.97 Å². The Morgan fingerprint density at radius 3 is 2.17 bits per heavy atom. The fraction of sp³-hybridized carbons (Fsp3) is 0.350. The van der Waals surface area contributed by atoms with E-state index in [0.29, 0.717) is 19.4 Å². The van der Waals surface area contributed by atoms with Crippen LogP contribution in [-0.2, 0) is 11.4 Å². The third kappa shape index (κ3) is 4.51. The molecular formula is C20H22O4. The minimum atomic E-state index is -0.687. The largest absolute Gasteiger partial charge is 0.490 e. The molecule has 2 aromatic rings. The van der Waals surface area contributed by atoms with Crippen LogP contribution in [0.15, 0.2) is 54.6 Å². The Hall–Kier alpha value is -2.49. The van der Waals surface area contributed by atoms with Crippen LogP contribution in [0.2, 0.25) is 0 Å². The van der Waals surface area contributed by atoms with Crippen molar-refractivity contribution < 1.29 is 19.4 Å². The van der Waals surface area contributed by atoms with Gasteiger partial charge in [-0.2, -0.15) is 0 Å². The minimum absolute atomic E-state index is 0.108. The molecule has 0 aliphatic heterocycles. The molecule has 126 valence electrons. The quantitative estimate of drug-likeness (QED) is 0.860. The van der Waals surface area contributed by atoms with Gasteiger partial charge in [-0.15, -0.1) is 0 Å². The Bertz CT molecular complexity index is 643. The van der Waals surface area contributed by atoms with Gasteiger partial charge in [-0.05, 0) is 55.5 Å². The second-order valence-corrected chi connectivity index (χ2v) is 6.18. The van der Waals surface area contributed by atoms with E-state index in [1.165, 1.54) is 0 Å². The van der Waals surface area contributed by atoms with Gasteiger partial charge < -0.3 is 14.6 Å². The van der Waals surface area contributed by atoms with Gasteiger partial charge in [0, 0.05) is 0 Å². The number of carboxylic acids is 1. The van der Waals surface area contributed by atoms with Gasteiger partial charge in [0.15, 0.2) is 0 Å². The van der Waals surface area contributed by atoms with Crippen LogP contribution in [0.25, 0.3) is 0 Å². The molecular weight excluding hydrogens is 304 g/mol. The van der Waals surface area contributed by atoms with Crippen LogP contribution < -0.4 is 9.47 Å². The van der Waals surface area contributed by atoms with Crippen LogP contribution >= 0.6 is 0 Å². The van der Waals surface area contributed by atoms with Crippen molar-refractivity contribution in [2.75, 3.05) is 0 Å². The molecule has 1 saturated carbocycles. The molecule has 1 aliphatic rings. The second-order valence-electron chi connectivity index (χ2n) is 6.18. The summed E-state index contributed by atoms with van der Waals surface area (Å²) in [6.07, 6.45) is 3.08. The van der Waals surface area contributed by atoms with E-state index in [2.05, 4.69) is 0 Å². The Morgan fingerprint density at radius 1 is 0.917 bits per heavy atom. The molecule has 0 unspecified atom stereocenters. The maximum Gasteiger partial charge on any atom is 0.306 e. The molecule has 0 saturated heterocycles. The molecule has 24 heavy (non-hydrogen) atoms. The van der Waals surface area contributed by atoms with E-state index in [1.807, 2.05) is 54.6 Å². The first-order valence-corrected chi connectivity index (χ1v) is 8.37. The molecule has 0 spiro atoms. The highest BCUT2D eigenvalue weighted by molar-refractivity contribution is 5.70. The predicted molar refractivity (Wildman–Crippen MR) is 91.2 cm³/mol. The van der Waals surface area contributed by atoms with Gasteiger partial charge in [0.1, 0.15) is 18.1 Å². The number of rotatable bonds is 6. The van der Waals surface area contributed by atoms with Crippen LogP contribution in [0.1, 0.15) is 31.2 Å². The summed E-state index contributed by atoms with van der Waals surface area (Å²) in [6.45, 7) is 0.542. The summed E-state index contributed by atoms with van der Waals surface area (Å²) >= 11 is 0. The summed E-state index contributed by atoms with van der Waals surface area (Å²) < 4.78 is 11.7. The molecule has 1 aliphatic carbocycles. The van der Waals surface area contributed by atoms with Crippen LogP contribution in [0.5, 0.6) is 11.5 Å². The van der Waals surface area contributed by atoms with E-state index >= 15 is 0 Å². The zero-order valence-electron chi connectivity index (χ0n) is 13.6. The van der Waals surface area contributed by atoms with Gasteiger partial charge in [-0.1, -0.05) is 30.3 Å². The standard InChI is InChI=1S/C20H22O4/c21-20(22)16-6-8-18(9-7-16)24-19-12-10-17(11-13-19)23-14-15-4-2-1-3-5-15/h1-5,10-13,16,18H,6-9,14H2,(H,21,22). The van der Waals surface area contributed by atoms with E-state index in [1.54, 1.807) is 0 Å². The lowest BCUT2D eigenvalue weighted by molar-refractivity contribution is -0.143. The fourth-order valence-electron chi connectivity index (χ4n) is 2.98. The maximum absolute atomic E-state index is 11.0. The first-order chi connectivity index (χ1) is 11.7. The van der Waals surface area contributed by atoms with E-state index in [0.717, 1.165) is 29.9 Å². The second kappa shape index (κ2) is 7.86. The van der Waals surface area contributed by atoms with Crippen molar-refractivity contribution in [1.82, 2.24) is 0 Å². The fourth-order valence-corrected chi connectivity index (χ4v) is 2.98. The number of carbonyl (C=O) groups is 1. The predicted octanol–water partition coefficient (Wildman–Crippen LogP) is 4.29. The van der Waals surface area contributed by atoms with Gasteiger partial charge >= 0.3 is 5.97 Å². The molecule has 1 fully saturated rings. The molecule has 1 N–H and O–H groups in total. The smallest absolute Gasteiger partial charge is 0.306 e. The van der Waals surface area contributed by atoms with Gasteiger partial charge in [0.05, 0.1) is 12.0 Å². The normalized spacial score (nSPS) is 20.3. The molecule has 2 aromatic carbocycles. The lowest BCUT2D eigenvalue weighted by Gasteiger charge is -2.26. The van der Waals surface area contributed by atoms with Crippen LogP contribution in [0, 0.1) is 5.92 Å². The van der Waals surface area contributed by atoms with Crippen molar-refractivity contribution in [1.29, 1.82) is 0 Å². The summed E-state index contributed by atoms with van der Waals surface area (Å²) in [5.74, 6) is 0.716. The number of hydrogen-bond donors (Lipinski definition) is 1. The van der Waals surface area contributed by atoms with Gasteiger partial charge in [-0.25, -0.2) is 0 Å². The van der Waals surface area contributed by atoms with Crippen molar-refractivity contribution in [3.05, 3.63) is 60.2 Å². The average molecular weight is 326 g/mol. The lowest BCUT2D eigenvalue weighted by atomic mass is 9.87. The van der Waals surface area contributed by atoms with Crippen LogP contribution in [0.4, 0.5) is 0 Å². The SMILES string of the molecule is O=C(O)C1CCC(Oc2ccc(OCc3ccccc3)cc2)CC1. The summed E-state index contributed by atoms with van der Waals surface area (Å²) in [4.78, 5) is 11.0. The van der Waals surface area contributed by atoms with E-state index in [4.69, 9.17) is 14.6 Å². The maximum atomic E-state index is 11.0. The van der Waals surface area contributed by atoms with Crippen molar-refractivity contribution in [2.24, 2.45) is 5.92 Å². The van der Waals surface area contributed by atoms with Crippen molar-refractivity contribution in [3.8, 4) is 11.5 Å². The Balaban J connectivity index is 1.47. The van der Waals surface area contributed by atoms with Crippen molar-refractivity contribution >= 4 is 5.97 Å². The first-order valence-electron chi connectivity index (χ1n) is 8.37.